The van der Waals surface area contributed by atoms with Crippen LogP contribution >= 0.6 is 0 Å². The van der Waals surface area contributed by atoms with E-state index in [1.807, 2.05) is 6.92 Å². The van der Waals surface area contributed by atoms with Gasteiger partial charge in [0.25, 0.3) is 0 Å². The summed E-state index contributed by atoms with van der Waals surface area (Å²) in [6.07, 6.45) is -15.3. The summed E-state index contributed by atoms with van der Waals surface area (Å²) in [5.74, 6) is -0.648. The maximum Gasteiger partial charge on any atom is 0.187 e. The zero-order valence-electron chi connectivity index (χ0n) is 37.4. The number of ether oxygens (including phenoxy) is 7. The highest BCUT2D eigenvalue weighted by atomic mass is 16.7. The van der Waals surface area contributed by atoms with Crippen molar-refractivity contribution in [2.75, 3.05) is 19.8 Å². The molecule has 0 amide bonds. The van der Waals surface area contributed by atoms with Gasteiger partial charge in [-0.1, -0.05) is 39.3 Å². The van der Waals surface area contributed by atoms with Crippen molar-refractivity contribution in [3.8, 4) is 0 Å². The molecule has 4 aliphatic heterocycles. The summed E-state index contributed by atoms with van der Waals surface area (Å²) >= 11 is 0. The van der Waals surface area contributed by atoms with Crippen LogP contribution in [0.4, 0.5) is 0 Å². The molecule has 27 atom stereocenters. The summed E-state index contributed by atoms with van der Waals surface area (Å²) in [5, 5.41) is 128. The molecule has 4 heterocycles. The third-order valence-corrected chi connectivity index (χ3v) is 17.5. The smallest absolute Gasteiger partial charge is 0.187 e. The van der Waals surface area contributed by atoms with Crippen LogP contribution in [-0.4, -0.2) is 197 Å². The van der Waals surface area contributed by atoms with Gasteiger partial charge < -0.3 is 94.4 Å². The van der Waals surface area contributed by atoms with Gasteiger partial charge in [-0.05, 0) is 80.5 Å². The van der Waals surface area contributed by atoms with Crippen LogP contribution in [0.5, 0.6) is 0 Å². The van der Waals surface area contributed by atoms with E-state index in [9.17, 15) is 61.3 Å². The second kappa shape index (κ2) is 18.7. The van der Waals surface area contributed by atoms with Crippen LogP contribution in [-0.2, 0) is 33.2 Å². The van der Waals surface area contributed by atoms with E-state index in [1.165, 1.54) is 6.92 Å². The van der Waals surface area contributed by atoms with Crippen LogP contribution in [0.15, 0.2) is 11.6 Å². The van der Waals surface area contributed by atoms with E-state index in [0.29, 0.717) is 25.2 Å². The molecule has 8 rings (SSSR count). The van der Waals surface area contributed by atoms with Crippen molar-refractivity contribution in [1.82, 2.24) is 0 Å². The van der Waals surface area contributed by atoms with Crippen LogP contribution in [0.3, 0.4) is 0 Å². The molecule has 0 spiro atoms. The zero-order valence-corrected chi connectivity index (χ0v) is 37.4. The highest BCUT2D eigenvalue weighted by Crippen LogP contribution is 2.70. The van der Waals surface area contributed by atoms with Crippen molar-refractivity contribution in [3.05, 3.63) is 11.6 Å². The number of aliphatic hydroxyl groups is 12. The van der Waals surface area contributed by atoms with Crippen molar-refractivity contribution >= 4 is 0 Å². The maximum absolute atomic E-state index is 12.1. The summed E-state index contributed by atoms with van der Waals surface area (Å²) in [6, 6.07) is 0. The maximum atomic E-state index is 12.1. The largest absolute Gasteiger partial charge is 0.394 e. The molecule has 64 heavy (non-hydrogen) atoms. The molecule has 3 saturated carbocycles. The average molecular weight is 919 g/mol. The Hall–Kier alpha value is -1.02. The highest BCUT2D eigenvalue weighted by molar-refractivity contribution is 5.28. The normalized spacial score (nSPS) is 55.5. The van der Waals surface area contributed by atoms with Crippen molar-refractivity contribution in [2.45, 2.75) is 202 Å². The van der Waals surface area contributed by atoms with Crippen molar-refractivity contribution in [3.63, 3.8) is 0 Å². The standard InChI is InChI=1S/C45H74O19/c1-18(17-58-40-36(54)34(52)32(50)27(15-46)61-40)8-11-45(57)19(2)30-26(64-45)14-25-23-7-6-21-12-22(13-29(48)44(21,5)24(23)9-10-43(25,30)4)60-42-38(56)35(53)39(28(16-47)62-42)63-41-37(55)33(51)31(49)20(3)59-41/h6,18-20,22-42,46-57H,7-17H2,1-5H3. The molecule has 8 aliphatic rings. The van der Waals surface area contributed by atoms with Gasteiger partial charge in [0.15, 0.2) is 24.7 Å². The second-order valence-corrected chi connectivity index (χ2v) is 21.1. The summed E-state index contributed by atoms with van der Waals surface area (Å²) in [7, 11) is 0. The number of aliphatic hydroxyl groups excluding tert-OH is 11. The molecular formula is C45H74O19. The fourth-order valence-corrected chi connectivity index (χ4v) is 13.6. The molecule has 27 unspecified atom stereocenters. The SMILES string of the molecule is CC(CCC1(O)OC2CC3C4CC=C5CC(OC6OC(CO)C(OC7OC(C)C(O)C(O)C7O)C(O)C6O)CC(O)C5(C)C4CCC3(C)C2C1C)COC1OC(CO)C(O)C(O)C1O. The minimum absolute atomic E-state index is 0.0752. The summed E-state index contributed by atoms with van der Waals surface area (Å²) < 4.78 is 41.4. The van der Waals surface area contributed by atoms with E-state index < -0.39 is 129 Å². The Labute approximate surface area is 373 Å². The number of hydrogen-bond donors (Lipinski definition) is 12. The molecule has 19 nitrogen and oxygen atoms in total. The molecular weight excluding hydrogens is 844 g/mol. The van der Waals surface area contributed by atoms with E-state index in [1.54, 1.807) is 0 Å². The first-order valence-electron chi connectivity index (χ1n) is 23.5. The minimum atomic E-state index is -1.68. The first kappa shape index (κ1) is 49.4. The fourth-order valence-electron chi connectivity index (χ4n) is 13.6. The average Bonchev–Trinajstić information content (AvgIpc) is 3.70. The quantitative estimate of drug-likeness (QED) is 0.0956. The van der Waals surface area contributed by atoms with Gasteiger partial charge in [-0.25, -0.2) is 0 Å². The molecule has 0 aromatic rings. The van der Waals surface area contributed by atoms with Crippen LogP contribution in [0.25, 0.3) is 0 Å². The lowest BCUT2D eigenvalue weighted by atomic mass is 9.46. The van der Waals surface area contributed by atoms with Crippen molar-refractivity contribution in [2.24, 2.45) is 46.3 Å². The Morgan fingerprint density at radius 2 is 1.39 bits per heavy atom. The minimum Gasteiger partial charge on any atom is -0.394 e. The van der Waals surface area contributed by atoms with Gasteiger partial charge in [0.2, 0.25) is 0 Å². The number of hydrogen-bond acceptors (Lipinski definition) is 19. The number of rotatable bonds is 12. The lowest BCUT2D eigenvalue weighted by molar-refractivity contribution is -0.361. The van der Waals surface area contributed by atoms with E-state index in [-0.39, 0.29) is 54.1 Å². The predicted octanol–water partition coefficient (Wildman–Crippen LogP) is -1.86. The predicted molar refractivity (Wildman–Crippen MR) is 219 cm³/mol. The van der Waals surface area contributed by atoms with Gasteiger partial charge in [-0.2, -0.15) is 0 Å². The summed E-state index contributed by atoms with van der Waals surface area (Å²) in [4.78, 5) is 0. The Balaban J connectivity index is 0.868. The lowest BCUT2D eigenvalue weighted by Crippen LogP contribution is -2.64. The fraction of sp³-hybridized carbons (Fsp3) is 0.956. The van der Waals surface area contributed by atoms with Gasteiger partial charge in [-0.15, -0.1) is 0 Å². The van der Waals surface area contributed by atoms with E-state index >= 15 is 0 Å². The first-order chi connectivity index (χ1) is 30.2. The van der Waals surface area contributed by atoms with Gasteiger partial charge >= 0.3 is 0 Å². The third-order valence-electron chi connectivity index (χ3n) is 17.5. The van der Waals surface area contributed by atoms with Crippen LogP contribution in [0.2, 0.25) is 0 Å². The monoisotopic (exact) mass is 918 g/mol. The van der Waals surface area contributed by atoms with Crippen LogP contribution in [0.1, 0.15) is 86.0 Å². The van der Waals surface area contributed by atoms with Gasteiger partial charge in [-0.3, -0.25) is 0 Å². The molecule has 12 N–H and O–H groups in total. The Morgan fingerprint density at radius 1 is 0.750 bits per heavy atom. The molecule has 0 bridgehead atoms. The van der Waals surface area contributed by atoms with E-state index in [2.05, 4.69) is 26.8 Å². The van der Waals surface area contributed by atoms with Crippen molar-refractivity contribution in [1.29, 1.82) is 0 Å². The second-order valence-electron chi connectivity index (χ2n) is 21.1. The number of fused-ring (bicyclic) bond motifs is 7. The molecule has 7 fully saturated rings. The topological polar surface area (TPSA) is 307 Å². The molecule has 19 heteroatoms. The molecule has 368 valence electrons. The Bertz CT molecular complexity index is 1640. The molecule has 4 aliphatic carbocycles. The number of allylic oxidation sites excluding steroid dienone is 1. The highest BCUT2D eigenvalue weighted by Gasteiger charge is 2.68. The summed E-state index contributed by atoms with van der Waals surface area (Å²) in [5.41, 5.74) is 0.449. The molecule has 0 radical (unpaired) electrons. The molecule has 0 aromatic carbocycles. The van der Waals surface area contributed by atoms with Gasteiger partial charge in [0.1, 0.15) is 67.1 Å². The van der Waals surface area contributed by atoms with Gasteiger partial charge in [0.05, 0.1) is 44.2 Å². The van der Waals surface area contributed by atoms with Crippen LogP contribution < -0.4 is 0 Å². The Kier molecular flexibility index (Phi) is 14.4. The van der Waals surface area contributed by atoms with Crippen molar-refractivity contribution < 1.29 is 94.4 Å². The Morgan fingerprint density at radius 3 is 2.09 bits per heavy atom. The van der Waals surface area contributed by atoms with E-state index in [0.717, 1.165) is 31.3 Å². The van der Waals surface area contributed by atoms with Gasteiger partial charge in [0, 0.05) is 24.2 Å². The third kappa shape index (κ3) is 8.36. The molecule has 4 saturated heterocycles. The first-order valence-corrected chi connectivity index (χ1v) is 23.5. The van der Waals surface area contributed by atoms with Crippen LogP contribution in [0, 0.1) is 46.3 Å². The lowest BCUT2D eigenvalue weighted by Gasteiger charge is -2.60. The molecule has 0 aromatic heterocycles. The summed E-state index contributed by atoms with van der Waals surface area (Å²) in [6.45, 7) is 8.97. The zero-order chi connectivity index (χ0) is 46.4. The van der Waals surface area contributed by atoms with E-state index in [4.69, 9.17) is 33.2 Å².